The standard InChI is InChI=1S/C27H28ClF2N5O7/c1-5-19(30)24(15(3)29)42-14-22(36)35(13-23(37)41-6-2)33-25(38)16(4)34-11-7-8-21(27(34)40)32-26(39)17-9-10-20(31)18(28)12-17/h5,7-12,16H,1,3,6,13-14,31H2,2,4H3,(H,32,39)(H,33,38)/b24-19-. The van der Waals surface area contributed by atoms with Gasteiger partial charge in [-0.2, -0.15) is 0 Å². The highest BCUT2D eigenvalue weighted by Gasteiger charge is 2.26. The lowest BCUT2D eigenvalue weighted by Crippen LogP contribution is -2.52. The number of carbonyl (C=O) groups is 4. The van der Waals surface area contributed by atoms with Gasteiger partial charge in [-0.05, 0) is 50.3 Å². The molecule has 0 aliphatic carbocycles. The zero-order valence-corrected chi connectivity index (χ0v) is 23.4. The summed E-state index contributed by atoms with van der Waals surface area (Å²) in [5.41, 5.74) is 7.23. The molecule has 0 aliphatic heterocycles. The van der Waals surface area contributed by atoms with E-state index in [0.29, 0.717) is 11.1 Å². The summed E-state index contributed by atoms with van der Waals surface area (Å²) >= 11 is 5.95. The third-order valence-electron chi connectivity index (χ3n) is 5.40. The molecule has 1 aromatic carbocycles. The number of anilines is 2. The van der Waals surface area contributed by atoms with E-state index in [4.69, 9.17) is 26.8 Å². The highest BCUT2D eigenvalue weighted by Crippen LogP contribution is 2.20. The summed E-state index contributed by atoms with van der Waals surface area (Å²) in [4.78, 5) is 63.6. The van der Waals surface area contributed by atoms with Gasteiger partial charge in [-0.15, -0.1) is 0 Å². The van der Waals surface area contributed by atoms with Gasteiger partial charge in [0.1, 0.15) is 18.3 Å². The summed E-state index contributed by atoms with van der Waals surface area (Å²) < 4.78 is 37.9. The Bertz CT molecular complexity index is 1490. The molecule has 0 spiro atoms. The third-order valence-corrected chi connectivity index (χ3v) is 5.73. The summed E-state index contributed by atoms with van der Waals surface area (Å²) in [5, 5.41) is 3.07. The number of aromatic nitrogens is 1. The second-order valence-corrected chi connectivity index (χ2v) is 8.74. The zero-order valence-electron chi connectivity index (χ0n) is 22.6. The molecule has 3 amide bonds. The molecule has 0 radical (unpaired) electrons. The number of nitrogen functional groups attached to an aromatic ring is 1. The fourth-order valence-corrected chi connectivity index (χ4v) is 3.41. The topological polar surface area (TPSA) is 162 Å². The maximum atomic E-state index is 13.8. The Morgan fingerprint density at radius 2 is 1.90 bits per heavy atom. The molecule has 2 rings (SSSR count). The van der Waals surface area contributed by atoms with Crippen LogP contribution < -0.4 is 22.0 Å². The van der Waals surface area contributed by atoms with Gasteiger partial charge in [-0.1, -0.05) is 24.8 Å². The van der Waals surface area contributed by atoms with E-state index in [0.717, 1.165) is 4.57 Å². The van der Waals surface area contributed by atoms with Gasteiger partial charge in [-0.3, -0.25) is 29.4 Å². The number of allylic oxidation sites excluding steroid dienone is 3. The lowest BCUT2D eigenvalue weighted by Gasteiger charge is -2.25. The molecule has 0 aliphatic rings. The largest absolute Gasteiger partial charge is 0.478 e. The van der Waals surface area contributed by atoms with Crippen LogP contribution in [0.1, 0.15) is 30.2 Å². The van der Waals surface area contributed by atoms with Crippen molar-refractivity contribution in [1.29, 1.82) is 0 Å². The molecule has 42 heavy (non-hydrogen) atoms. The summed E-state index contributed by atoms with van der Waals surface area (Å²) in [6.45, 7) is 6.98. The second-order valence-electron chi connectivity index (χ2n) is 8.34. The number of nitrogens with one attached hydrogen (secondary N) is 2. The van der Waals surface area contributed by atoms with Crippen molar-refractivity contribution in [1.82, 2.24) is 15.0 Å². The van der Waals surface area contributed by atoms with E-state index in [-0.39, 0.29) is 28.6 Å². The fourth-order valence-electron chi connectivity index (χ4n) is 3.23. The second kappa shape index (κ2) is 15.1. The SMILES string of the molecule is C=C/C(F)=C(/OCC(=O)N(CC(=O)OCC)NC(=O)C(C)n1cccc(NC(=O)c2ccc(N)c(Cl)c2)c1=O)C(=C)F. The molecule has 12 nitrogen and oxygen atoms in total. The first-order valence-corrected chi connectivity index (χ1v) is 12.5. The zero-order chi connectivity index (χ0) is 31.6. The molecule has 1 atom stereocenters. The maximum Gasteiger partial charge on any atom is 0.327 e. The van der Waals surface area contributed by atoms with Gasteiger partial charge in [0.2, 0.25) is 0 Å². The molecule has 1 unspecified atom stereocenters. The van der Waals surface area contributed by atoms with Gasteiger partial charge in [0.15, 0.2) is 24.0 Å². The highest BCUT2D eigenvalue weighted by molar-refractivity contribution is 6.33. The third kappa shape index (κ3) is 8.76. The number of rotatable bonds is 12. The average Bonchev–Trinajstić information content (AvgIpc) is 2.94. The van der Waals surface area contributed by atoms with Crippen molar-refractivity contribution in [2.75, 3.05) is 30.8 Å². The van der Waals surface area contributed by atoms with Gasteiger partial charge < -0.3 is 25.1 Å². The Hall–Kier alpha value is -4.98. The average molecular weight is 608 g/mol. The summed E-state index contributed by atoms with van der Waals surface area (Å²) in [7, 11) is 0. The Kier molecular flexibility index (Phi) is 12.0. The Morgan fingerprint density at radius 1 is 1.21 bits per heavy atom. The number of nitrogens with zero attached hydrogens (tertiary/aromatic N) is 2. The van der Waals surface area contributed by atoms with Gasteiger partial charge in [-0.25, -0.2) is 13.8 Å². The first-order valence-electron chi connectivity index (χ1n) is 12.1. The predicted molar refractivity (Wildman–Crippen MR) is 150 cm³/mol. The van der Waals surface area contributed by atoms with Crippen molar-refractivity contribution >= 4 is 46.7 Å². The summed E-state index contributed by atoms with van der Waals surface area (Å²) in [5.74, 6) is -7.22. The molecular formula is C27H28ClF2N5O7. The number of amides is 3. The van der Waals surface area contributed by atoms with Crippen molar-refractivity contribution in [2.24, 2.45) is 0 Å². The first kappa shape index (κ1) is 33.2. The minimum Gasteiger partial charge on any atom is -0.478 e. The van der Waals surface area contributed by atoms with Crippen LogP contribution in [0.5, 0.6) is 0 Å². The van der Waals surface area contributed by atoms with Crippen molar-refractivity contribution in [3.05, 3.63) is 94.1 Å². The summed E-state index contributed by atoms with van der Waals surface area (Å²) in [6, 6.07) is 5.54. The van der Waals surface area contributed by atoms with Crippen molar-refractivity contribution in [2.45, 2.75) is 19.9 Å². The van der Waals surface area contributed by atoms with E-state index in [1.54, 1.807) is 0 Å². The van der Waals surface area contributed by atoms with E-state index in [1.807, 2.05) is 0 Å². The Labute approximate surface area is 244 Å². The number of hydrogen-bond donors (Lipinski definition) is 3. The molecule has 224 valence electrons. The first-order chi connectivity index (χ1) is 19.8. The molecule has 15 heteroatoms. The lowest BCUT2D eigenvalue weighted by molar-refractivity contribution is -0.155. The smallest absolute Gasteiger partial charge is 0.327 e. The maximum absolute atomic E-state index is 13.8. The molecule has 0 saturated carbocycles. The van der Waals surface area contributed by atoms with Gasteiger partial charge >= 0.3 is 5.97 Å². The number of carbonyl (C=O) groups excluding carboxylic acids is 4. The van der Waals surface area contributed by atoms with Crippen LogP contribution in [0.3, 0.4) is 0 Å². The van der Waals surface area contributed by atoms with Gasteiger partial charge in [0.25, 0.3) is 23.3 Å². The molecule has 1 heterocycles. The minimum absolute atomic E-state index is 0.0443. The summed E-state index contributed by atoms with van der Waals surface area (Å²) in [6.07, 6.45) is 1.88. The van der Waals surface area contributed by atoms with E-state index in [2.05, 4.69) is 23.9 Å². The van der Waals surface area contributed by atoms with Crippen LogP contribution in [-0.2, 0) is 23.9 Å². The van der Waals surface area contributed by atoms with Gasteiger partial charge in [0.05, 0.1) is 17.3 Å². The van der Waals surface area contributed by atoms with Crippen LogP contribution in [0.4, 0.5) is 20.2 Å². The van der Waals surface area contributed by atoms with Crippen LogP contribution in [-0.4, -0.2) is 53.0 Å². The molecule has 0 bridgehead atoms. The number of hydrogen-bond acceptors (Lipinski definition) is 8. The van der Waals surface area contributed by atoms with E-state index >= 15 is 0 Å². The predicted octanol–water partition coefficient (Wildman–Crippen LogP) is 3.19. The van der Waals surface area contributed by atoms with E-state index in [1.165, 1.54) is 50.4 Å². The number of benzene rings is 1. The number of halogens is 3. The van der Waals surface area contributed by atoms with Crippen LogP contribution in [0.25, 0.3) is 0 Å². The molecule has 0 saturated heterocycles. The molecule has 4 N–H and O–H groups in total. The number of nitrogens with two attached hydrogens (primary N) is 1. The van der Waals surface area contributed by atoms with Crippen molar-refractivity contribution < 1.29 is 37.4 Å². The minimum atomic E-state index is -1.33. The molecule has 2 aromatic rings. The Balaban J connectivity index is 2.25. The van der Waals surface area contributed by atoms with Crippen LogP contribution >= 0.6 is 11.6 Å². The van der Waals surface area contributed by atoms with Crippen LogP contribution in [0.2, 0.25) is 5.02 Å². The van der Waals surface area contributed by atoms with Crippen molar-refractivity contribution in [3.63, 3.8) is 0 Å². The monoisotopic (exact) mass is 607 g/mol. The quantitative estimate of drug-likeness (QED) is 0.109. The van der Waals surface area contributed by atoms with Gasteiger partial charge in [0, 0.05) is 11.8 Å². The van der Waals surface area contributed by atoms with Crippen molar-refractivity contribution in [3.8, 4) is 0 Å². The lowest BCUT2D eigenvalue weighted by atomic mass is 10.2. The van der Waals surface area contributed by atoms with E-state index < -0.39 is 65.9 Å². The molecule has 0 fully saturated rings. The number of pyridine rings is 1. The fraction of sp³-hybridized carbons (Fsp3) is 0.222. The number of ether oxygens (including phenoxy) is 2. The molecular weight excluding hydrogens is 580 g/mol. The van der Waals surface area contributed by atoms with Crippen LogP contribution in [0, 0.1) is 0 Å². The number of esters is 1. The highest BCUT2D eigenvalue weighted by atomic mass is 35.5. The Morgan fingerprint density at radius 3 is 2.50 bits per heavy atom. The number of hydrazine groups is 1. The van der Waals surface area contributed by atoms with Crippen LogP contribution in [0.15, 0.2) is 78.0 Å². The molecule has 1 aromatic heterocycles. The normalized spacial score (nSPS) is 11.8. The van der Waals surface area contributed by atoms with E-state index in [9.17, 15) is 32.8 Å².